The van der Waals surface area contributed by atoms with Gasteiger partial charge in [-0.25, -0.2) is 4.39 Å². The Labute approximate surface area is 129 Å². The van der Waals surface area contributed by atoms with Crippen LogP contribution in [0.25, 0.3) is 0 Å². The average Bonchev–Trinajstić information content (AvgIpc) is 2.93. The molecule has 1 aromatic heterocycles. The summed E-state index contributed by atoms with van der Waals surface area (Å²) in [4.78, 5) is 13.0. The van der Waals surface area contributed by atoms with Crippen LogP contribution in [0.15, 0.2) is 35.7 Å². The molecule has 0 saturated heterocycles. The maximum absolute atomic E-state index is 13.9. The molecular weight excluding hydrogens is 285 g/mol. The maximum atomic E-state index is 13.9. The quantitative estimate of drug-likeness (QED) is 0.883. The van der Waals surface area contributed by atoms with Crippen LogP contribution in [-0.2, 0) is 11.8 Å². The van der Waals surface area contributed by atoms with Gasteiger partial charge in [0.15, 0.2) is 0 Å². The molecule has 1 amide bonds. The number of amides is 1. The van der Waals surface area contributed by atoms with E-state index >= 15 is 0 Å². The van der Waals surface area contributed by atoms with Gasteiger partial charge in [-0.05, 0) is 35.1 Å². The SMILES string of the molecule is CCc1ccsc1C(=O)NCC(C)(C)c1ccccc1F. The van der Waals surface area contributed by atoms with Crippen LogP contribution in [0.3, 0.4) is 0 Å². The summed E-state index contributed by atoms with van der Waals surface area (Å²) in [5.41, 5.74) is 1.22. The molecule has 1 heterocycles. The number of carbonyl (C=O) groups is 1. The highest BCUT2D eigenvalue weighted by Crippen LogP contribution is 2.25. The van der Waals surface area contributed by atoms with Crippen LogP contribution in [0.2, 0.25) is 0 Å². The number of halogens is 1. The van der Waals surface area contributed by atoms with Crippen molar-refractivity contribution in [2.45, 2.75) is 32.6 Å². The minimum absolute atomic E-state index is 0.0775. The zero-order valence-corrected chi connectivity index (χ0v) is 13.4. The van der Waals surface area contributed by atoms with Crippen molar-refractivity contribution in [1.82, 2.24) is 5.32 Å². The highest BCUT2D eigenvalue weighted by atomic mass is 32.1. The number of carbonyl (C=O) groups excluding carboxylic acids is 1. The second-order valence-corrected chi connectivity index (χ2v) is 6.59. The first-order valence-electron chi connectivity index (χ1n) is 7.05. The Hall–Kier alpha value is -1.68. The first-order valence-corrected chi connectivity index (χ1v) is 7.93. The summed E-state index contributed by atoms with van der Waals surface area (Å²) in [6.45, 7) is 6.29. The lowest BCUT2D eigenvalue weighted by molar-refractivity contribution is 0.0948. The first-order chi connectivity index (χ1) is 9.95. The molecule has 112 valence electrons. The molecular formula is C17H20FNOS. The van der Waals surface area contributed by atoms with Crippen LogP contribution in [0, 0.1) is 5.82 Å². The maximum Gasteiger partial charge on any atom is 0.261 e. The third kappa shape index (κ3) is 3.50. The zero-order chi connectivity index (χ0) is 15.5. The first kappa shape index (κ1) is 15.7. The lowest BCUT2D eigenvalue weighted by Crippen LogP contribution is -2.37. The van der Waals surface area contributed by atoms with Gasteiger partial charge in [-0.2, -0.15) is 0 Å². The third-order valence-electron chi connectivity index (χ3n) is 3.63. The summed E-state index contributed by atoms with van der Waals surface area (Å²) in [6, 6.07) is 8.68. The number of hydrogen-bond acceptors (Lipinski definition) is 2. The highest BCUT2D eigenvalue weighted by molar-refractivity contribution is 7.12. The second-order valence-electron chi connectivity index (χ2n) is 5.67. The van der Waals surface area contributed by atoms with Crippen LogP contribution >= 0.6 is 11.3 Å². The molecule has 4 heteroatoms. The van der Waals surface area contributed by atoms with Crippen LogP contribution in [0.4, 0.5) is 4.39 Å². The lowest BCUT2D eigenvalue weighted by atomic mass is 9.84. The number of benzene rings is 1. The predicted octanol–water partition coefficient (Wildman–Crippen LogP) is 4.16. The monoisotopic (exact) mass is 305 g/mol. The molecule has 0 atom stereocenters. The third-order valence-corrected chi connectivity index (χ3v) is 4.58. The van der Waals surface area contributed by atoms with Gasteiger partial charge in [-0.3, -0.25) is 4.79 Å². The van der Waals surface area contributed by atoms with Crippen molar-refractivity contribution in [3.05, 3.63) is 57.5 Å². The Kier molecular flexibility index (Phi) is 4.78. The van der Waals surface area contributed by atoms with Gasteiger partial charge in [-0.15, -0.1) is 11.3 Å². The van der Waals surface area contributed by atoms with Crippen LogP contribution in [0.5, 0.6) is 0 Å². The van der Waals surface area contributed by atoms with Gasteiger partial charge in [0.1, 0.15) is 5.82 Å². The van der Waals surface area contributed by atoms with Crippen molar-refractivity contribution in [2.24, 2.45) is 0 Å². The van der Waals surface area contributed by atoms with Crippen molar-refractivity contribution in [2.75, 3.05) is 6.54 Å². The van der Waals surface area contributed by atoms with Crippen molar-refractivity contribution in [1.29, 1.82) is 0 Å². The number of nitrogens with one attached hydrogen (secondary N) is 1. The molecule has 2 rings (SSSR count). The molecule has 0 saturated carbocycles. The fourth-order valence-corrected chi connectivity index (χ4v) is 3.21. The molecule has 0 aliphatic carbocycles. The second kappa shape index (κ2) is 6.39. The van der Waals surface area contributed by atoms with Gasteiger partial charge in [0.05, 0.1) is 4.88 Å². The molecule has 0 aliphatic heterocycles. The van der Waals surface area contributed by atoms with Crippen molar-refractivity contribution < 1.29 is 9.18 Å². The smallest absolute Gasteiger partial charge is 0.261 e. The van der Waals surface area contributed by atoms with Crippen molar-refractivity contribution in [3.8, 4) is 0 Å². The molecule has 1 aromatic carbocycles. The molecule has 0 unspecified atom stereocenters. The molecule has 21 heavy (non-hydrogen) atoms. The van der Waals surface area contributed by atoms with Crippen LogP contribution in [-0.4, -0.2) is 12.5 Å². The predicted molar refractivity (Wildman–Crippen MR) is 85.5 cm³/mol. The fraction of sp³-hybridized carbons (Fsp3) is 0.353. The Morgan fingerprint density at radius 1 is 1.29 bits per heavy atom. The summed E-state index contributed by atoms with van der Waals surface area (Å²) in [5, 5.41) is 4.86. The van der Waals surface area contributed by atoms with E-state index in [1.54, 1.807) is 12.1 Å². The summed E-state index contributed by atoms with van der Waals surface area (Å²) in [6.07, 6.45) is 0.836. The number of thiophene rings is 1. The van der Waals surface area contributed by atoms with Gasteiger partial charge in [0.25, 0.3) is 5.91 Å². The van der Waals surface area contributed by atoms with E-state index in [-0.39, 0.29) is 11.7 Å². The summed E-state index contributed by atoms with van der Waals surface area (Å²) in [5.74, 6) is -0.312. The minimum atomic E-state index is -0.454. The Morgan fingerprint density at radius 2 is 2.00 bits per heavy atom. The normalized spacial score (nSPS) is 11.4. The van der Waals surface area contributed by atoms with Gasteiger partial charge in [0, 0.05) is 12.0 Å². The zero-order valence-electron chi connectivity index (χ0n) is 12.6. The molecule has 0 aliphatic rings. The van der Waals surface area contributed by atoms with E-state index in [0.717, 1.165) is 16.9 Å². The van der Waals surface area contributed by atoms with Crippen molar-refractivity contribution in [3.63, 3.8) is 0 Å². The molecule has 2 nitrogen and oxygen atoms in total. The molecule has 0 bridgehead atoms. The standard InChI is InChI=1S/C17H20FNOS/c1-4-12-9-10-21-15(12)16(20)19-11-17(2,3)13-7-5-6-8-14(13)18/h5-10H,4,11H2,1-3H3,(H,19,20). The Bertz CT molecular complexity index is 633. The van der Waals surface area contributed by atoms with Gasteiger partial charge >= 0.3 is 0 Å². The Balaban J connectivity index is 2.08. The van der Waals surface area contributed by atoms with E-state index in [1.165, 1.54) is 17.4 Å². The molecule has 1 N–H and O–H groups in total. The lowest BCUT2D eigenvalue weighted by Gasteiger charge is -2.26. The number of hydrogen-bond donors (Lipinski definition) is 1. The molecule has 0 spiro atoms. The van der Waals surface area contributed by atoms with E-state index < -0.39 is 5.41 Å². The van der Waals surface area contributed by atoms with Gasteiger partial charge < -0.3 is 5.32 Å². The van der Waals surface area contributed by atoms with E-state index in [0.29, 0.717) is 12.1 Å². The highest BCUT2D eigenvalue weighted by Gasteiger charge is 2.25. The Morgan fingerprint density at radius 3 is 2.67 bits per heavy atom. The van der Waals surface area contributed by atoms with E-state index in [2.05, 4.69) is 5.32 Å². The molecule has 0 radical (unpaired) electrons. The number of rotatable bonds is 5. The molecule has 0 fully saturated rings. The van der Waals surface area contributed by atoms with Crippen LogP contribution < -0.4 is 5.32 Å². The summed E-state index contributed by atoms with van der Waals surface area (Å²) in [7, 11) is 0. The van der Waals surface area contributed by atoms with E-state index in [9.17, 15) is 9.18 Å². The summed E-state index contributed by atoms with van der Waals surface area (Å²) < 4.78 is 13.9. The number of aryl methyl sites for hydroxylation is 1. The van der Waals surface area contributed by atoms with E-state index in [1.807, 2.05) is 38.3 Å². The summed E-state index contributed by atoms with van der Waals surface area (Å²) >= 11 is 1.45. The largest absolute Gasteiger partial charge is 0.350 e. The molecule has 2 aromatic rings. The minimum Gasteiger partial charge on any atom is -0.350 e. The van der Waals surface area contributed by atoms with Crippen LogP contribution in [0.1, 0.15) is 41.6 Å². The van der Waals surface area contributed by atoms with Gasteiger partial charge in [-0.1, -0.05) is 39.0 Å². The average molecular weight is 305 g/mol. The fourth-order valence-electron chi connectivity index (χ4n) is 2.30. The van der Waals surface area contributed by atoms with E-state index in [4.69, 9.17) is 0 Å². The topological polar surface area (TPSA) is 29.1 Å². The van der Waals surface area contributed by atoms with Gasteiger partial charge in [0.2, 0.25) is 0 Å². The van der Waals surface area contributed by atoms with Crippen molar-refractivity contribution >= 4 is 17.2 Å².